The number of nitriles is 1. The summed E-state index contributed by atoms with van der Waals surface area (Å²) in [5.74, 6) is 0.606. The first-order valence-corrected chi connectivity index (χ1v) is 4.78. The molecule has 0 N–H and O–H groups in total. The molecule has 0 spiro atoms. The molecular formula is C11H14N2. The predicted octanol–water partition coefficient (Wildman–Crippen LogP) is 2.58. The molecule has 2 heteroatoms. The summed E-state index contributed by atoms with van der Waals surface area (Å²) in [6.45, 7) is 4.14. The second-order valence-electron chi connectivity index (χ2n) is 3.90. The van der Waals surface area contributed by atoms with Gasteiger partial charge in [-0.05, 0) is 44.7 Å². The number of nitrogens with zero attached hydrogens (tertiary/aromatic N) is 2. The third-order valence-electron chi connectivity index (χ3n) is 2.80. The highest BCUT2D eigenvalue weighted by atomic mass is 15.0. The van der Waals surface area contributed by atoms with Crippen LogP contribution in [-0.4, -0.2) is 4.57 Å². The fourth-order valence-electron chi connectivity index (χ4n) is 1.90. The quantitative estimate of drug-likeness (QED) is 0.677. The number of rotatable bonds is 2. The van der Waals surface area contributed by atoms with Gasteiger partial charge in [-0.15, -0.1) is 0 Å². The van der Waals surface area contributed by atoms with E-state index in [1.807, 2.05) is 0 Å². The maximum Gasteiger partial charge on any atom is 0.123 e. The third kappa shape index (κ3) is 1.35. The average Bonchev–Trinajstić information content (AvgIpc) is 2.88. The zero-order chi connectivity index (χ0) is 9.42. The molecule has 1 heterocycles. The highest BCUT2D eigenvalue weighted by molar-refractivity contribution is 5.19. The predicted molar refractivity (Wildman–Crippen MR) is 51.3 cm³/mol. The van der Waals surface area contributed by atoms with Crippen molar-refractivity contribution in [2.24, 2.45) is 5.92 Å². The van der Waals surface area contributed by atoms with Crippen LogP contribution in [-0.2, 0) is 0 Å². The van der Waals surface area contributed by atoms with E-state index in [1.165, 1.54) is 24.2 Å². The minimum Gasteiger partial charge on any atom is -0.333 e. The third-order valence-corrected chi connectivity index (χ3v) is 2.80. The lowest BCUT2D eigenvalue weighted by Gasteiger charge is -2.14. The topological polar surface area (TPSA) is 28.7 Å². The van der Waals surface area contributed by atoms with Gasteiger partial charge >= 0.3 is 0 Å². The minimum absolute atomic E-state index is 0.0787. The molecule has 0 radical (unpaired) electrons. The first kappa shape index (κ1) is 8.37. The first-order chi connectivity index (χ1) is 6.24. The molecule has 0 amide bonds. The first-order valence-electron chi connectivity index (χ1n) is 4.78. The second-order valence-corrected chi connectivity index (χ2v) is 3.90. The molecule has 1 atom stereocenters. The van der Waals surface area contributed by atoms with E-state index in [4.69, 9.17) is 5.26 Å². The lowest BCUT2D eigenvalue weighted by Crippen LogP contribution is -2.11. The van der Waals surface area contributed by atoms with Crippen LogP contribution in [0.2, 0.25) is 0 Å². The largest absolute Gasteiger partial charge is 0.333 e. The number of aromatic nitrogens is 1. The summed E-state index contributed by atoms with van der Waals surface area (Å²) in [5.41, 5.74) is 2.41. The van der Waals surface area contributed by atoms with E-state index in [0.717, 1.165) is 0 Å². The van der Waals surface area contributed by atoms with Crippen LogP contribution in [0.1, 0.15) is 30.3 Å². The molecule has 68 valence electrons. The Bertz CT molecular complexity index is 333. The van der Waals surface area contributed by atoms with Crippen molar-refractivity contribution in [1.82, 2.24) is 4.57 Å². The molecular weight excluding hydrogens is 160 g/mol. The van der Waals surface area contributed by atoms with Gasteiger partial charge in [-0.1, -0.05) is 0 Å². The molecule has 2 rings (SSSR count). The minimum atomic E-state index is 0.0787. The highest BCUT2D eigenvalue weighted by Gasteiger charge is 2.33. The monoisotopic (exact) mass is 174 g/mol. The van der Waals surface area contributed by atoms with Gasteiger partial charge in [0, 0.05) is 11.4 Å². The Morgan fingerprint density at radius 2 is 1.92 bits per heavy atom. The van der Waals surface area contributed by atoms with Gasteiger partial charge < -0.3 is 4.57 Å². The van der Waals surface area contributed by atoms with Crippen LogP contribution in [0, 0.1) is 31.1 Å². The molecule has 1 saturated carbocycles. The Hall–Kier alpha value is -1.23. The Labute approximate surface area is 78.8 Å². The van der Waals surface area contributed by atoms with Gasteiger partial charge in [0.05, 0.1) is 6.07 Å². The molecule has 1 unspecified atom stereocenters. The molecule has 0 aliphatic heterocycles. The molecule has 13 heavy (non-hydrogen) atoms. The Morgan fingerprint density at radius 3 is 2.31 bits per heavy atom. The van der Waals surface area contributed by atoms with Gasteiger partial charge in [-0.3, -0.25) is 0 Å². The van der Waals surface area contributed by atoms with Crippen molar-refractivity contribution in [3.05, 3.63) is 23.5 Å². The van der Waals surface area contributed by atoms with Crippen molar-refractivity contribution in [2.45, 2.75) is 32.7 Å². The Balaban J connectivity index is 2.37. The van der Waals surface area contributed by atoms with E-state index in [-0.39, 0.29) is 6.04 Å². The van der Waals surface area contributed by atoms with Crippen molar-refractivity contribution < 1.29 is 0 Å². The van der Waals surface area contributed by atoms with Gasteiger partial charge in [-0.2, -0.15) is 5.26 Å². The number of hydrogen-bond acceptors (Lipinski definition) is 1. The summed E-state index contributed by atoms with van der Waals surface area (Å²) >= 11 is 0. The van der Waals surface area contributed by atoms with E-state index in [0.29, 0.717) is 5.92 Å². The zero-order valence-electron chi connectivity index (χ0n) is 8.12. The van der Waals surface area contributed by atoms with Gasteiger partial charge in [0.25, 0.3) is 0 Å². The van der Waals surface area contributed by atoms with E-state index < -0.39 is 0 Å². The van der Waals surface area contributed by atoms with Crippen molar-refractivity contribution in [2.75, 3.05) is 0 Å². The van der Waals surface area contributed by atoms with Gasteiger partial charge in [-0.25, -0.2) is 0 Å². The van der Waals surface area contributed by atoms with Crippen molar-refractivity contribution in [1.29, 1.82) is 5.26 Å². The maximum absolute atomic E-state index is 9.09. The standard InChI is InChI=1S/C11H14N2/c1-8-3-4-9(2)13(8)11(7-12)10-5-6-10/h3-4,10-11H,5-6H2,1-2H3. The van der Waals surface area contributed by atoms with Crippen molar-refractivity contribution in [3.63, 3.8) is 0 Å². The fraction of sp³-hybridized carbons (Fsp3) is 0.545. The van der Waals surface area contributed by atoms with E-state index in [1.54, 1.807) is 0 Å². The molecule has 1 aromatic rings. The lowest BCUT2D eigenvalue weighted by atomic mass is 10.2. The Morgan fingerprint density at radius 1 is 1.38 bits per heavy atom. The zero-order valence-corrected chi connectivity index (χ0v) is 8.12. The number of hydrogen-bond donors (Lipinski definition) is 0. The van der Waals surface area contributed by atoms with E-state index in [2.05, 4.69) is 36.6 Å². The maximum atomic E-state index is 9.09. The van der Waals surface area contributed by atoms with Crippen molar-refractivity contribution in [3.8, 4) is 6.07 Å². The molecule has 1 aliphatic rings. The smallest absolute Gasteiger partial charge is 0.123 e. The summed E-state index contributed by atoms with van der Waals surface area (Å²) < 4.78 is 2.16. The summed E-state index contributed by atoms with van der Waals surface area (Å²) in [6.07, 6.45) is 2.44. The summed E-state index contributed by atoms with van der Waals surface area (Å²) in [7, 11) is 0. The van der Waals surface area contributed by atoms with Crippen LogP contribution in [0.3, 0.4) is 0 Å². The summed E-state index contributed by atoms with van der Waals surface area (Å²) in [6, 6.07) is 6.66. The van der Waals surface area contributed by atoms with E-state index >= 15 is 0 Å². The van der Waals surface area contributed by atoms with Crippen LogP contribution >= 0.6 is 0 Å². The molecule has 1 fully saturated rings. The van der Waals surface area contributed by atoms with Gasteiger partial charge in [0.15, 0.2) is 0 Å². The van der Waals surface area contributed by atoms with Crippen LogP contribution < -0.4 is 0 Å². The van der Waals surface area contributed by atoms with Gasteiger partial charge in [0.2, 0.25) is 0 Å². The number of aryl methyl sites for hydroxylation is 2. The van der Waals surface area contributed by atoms with Crippen molar-refractivity contribution >= 4 is 0 Å². The summed E-state index contributed by atoms with van der Waals surface area (Å²) in [5, 5.41) is 9.09. The molecule has 2 nitrogen and oxygen atoms in total. The van der Waals surface area contributed by atoms with Gasteiger partial charge in [0.1, 0.15) is 6.04 Å². The normalized spacial score (nSPS) is 18.2. The highest BCUT2D eigenvalue weighted by Crippen LogP contribution is 2.40. The molecule has 1 aliphatic carbocycles. The molecule has 1 aromatic heterocycles. The molecule has 0 aromatic carbocycles. The summed E-state index contributed by atoms with van der Waals surface area (Å²) in [4.78, 5) is 0. The lowest BCUT2D eigenvalue weighted by molar-refractivity contribution is 0.529. The van der Waals surface area contributed by atoms with Crippen LogP contribution in [0.25, 0.3) is 0 Å². The molecule has 0 bridgehead atoms. The fourth-order valence-corrected chi connectivity index (χ4v) is 1.90. The van der Waals surface area contributed by atoms with E-state index in [9.17, 15) is 0 Å². The average molecular weight is 174 g/mol. The SMILES string of the molecule is Cc1ccc(C)n1C(C#N)C1CC1. The van der Waals surface area contributed by atoms with Crippen LogP contribution in [0.5, 0.6) is 0 Å². The van der Waals surface area contributed by atoms with Crippen LogP contribution in [0.4, 0.5) is 0 Å². The van der Waals surface area contributed by atoms with Crippen LogP contribution in [0.15, 0.2) is 12.1 Å². The second kappa shape index (κ2) is 2.92. The molecule has 0 saturated heterocycles. The Kier molecular flexibility index (Phi) is 1.88.